The molecular weight excluding hydrogens is 264 g/mol. The van der Waals surface area contributed by atoms with Gasteiger partial charge in [0.1, 0.15) is 0 Å². The largest absolute Gasteiger partial charge is 0.356 e. The lowest BCUT2D eigenvalue weighted by atomic mass is 10.1. The molecule has 1 atom stereocenters. The van der Waals surface area contributed by atoms with Gasteiger partial charge in [-0.05, 0) is 37.0 Å². The number of aromatic nitrogens is 4. The monoisotopic (exact) mass is 282 g/mol. The molecule has 0 spiro atoms. The Morgan fingerprint density at radius 1 is 1.14 bits per heavy atom. The van der Waals surface area contributed by atoms with Crippen molar-refractivity contribution >= 4 is 10.9 Å². The lowest BCUT2D eigenvalue weighted by Gasteiger charge is -2.23. The molecule has 3 heterocycles. The van der Waals surface area contributed by atoms with E-state index in [2.05, 4.69) is 28.4 Å². The lowest BCUT2D eigenvalue weighted by Crippen LogP contribution is -2.18. The van der Waals surface area contributed by atoms with Crippen molar-refractivity contribution in [3.05, 3.63) is 36.8 Å². The van der Waals surface area contributed by atoms with E-state index in [9.17, 15) is 0 Å². The zero-order valence-corrected chi connectivity index (χ0v) is 12.1. The number of fused-ring (bicyclic) bond motifs is 1. The van der Waals surface area contributed by atoms with Gasteiger partial charge in [0, 0.05) is 30.8 Å². The molecule has 1 unspecified atom stereocenters. The van der Waals surface area contributed by atoms with E-state index in [4.69, 9.17) is 4.74 Å². The van der Waals surface area contributed by atoms with Crippen molar-refractivity contribution in [2.24, 2.45) is 7.05 Å². The van der Waals surface area contributed by atoms with Crippen LogP contribution in [0.15, 0.2) is 36.8 Å². The Morgan fingerprint density at radius 3 is 2.86 bits per heavy atom. The van der Waals surface area contributed by atoms with E-state index in [1.807, 2.05) is 35.0 Å². The molecule has 0 radical (unpaired) electrons. The van der Waals surface area contributed by atoms with E-state index < -0.39 is 0 Å². The van der Waals surface area contributed by atoms with Crippen LogP contribution in [-0.4, -0.2) is 26.2 Å². The van der Waals surface area contributed by atoms with E-state index >= 15 is 0 Å². The second kappa shape index (κ2) is 5.00. The van der Waals surface area contributed by atoms with Gasteiger partial charge in [-0.1, -0.05) is 6.07 Å². The van der Waals surface area contributed by atoms with E-state index in [1.165, 1.54) is 12.0 Å². The number of aryl methyl sites for hydroxylation is 1. The Labute approximate surface area is 123 Å². The molecule has 1 aliphatic rings. The van der Waals surface area contributed by atoms with Crippen molar-refractivity contribution in [1.82, 2.24) is 19.6 Å². The minimum atomic E-state index is 0.0838. The maximum absolute atomic E-state index is 5.84. The molecule has 1 fully saturated rings. The van der Waals surface area contributed by atoms with Gasteiger partial charge >= 0.3 is 0 Å². The zero-order chi connectivity index (χ0) is 14.2. The summed E-state index contributed by atoms with van der Waals surface area (Å²) in [7, 11) is 1.93. The fraction of sp³-hybridized carbons (Fsp3) is 0.375. The summed E-state index contributed by atoms with van der Waals surface area (Å²) in [6, 6.07) is 6.42. The summed E-state index contributed by atoms with van der Waals surface area (Å²) < 4.78 is 9.67. The van der Waals surface area contributed by atoms with E-state index in [-0.39, 0.29) is 6.23 Å². The molecule has 0 N–H and O–H groups in total. The van der Waals surface area contributed by atoms with Gasteiger partial charge in [-0.15, -0.1) is 0 Å². The maximum Gasteiger partial charge on any atom is 0.150 e. The quantitative estimate of drug-likeness (QED) is 0.725. The molecule has 0 saturated carbocycles. The molecular formula is C16H18N4O. The Balaban J connectivity index is 1.73. The smallest absolute Gasteiger partial charge is 0.150 e. The van der Waals surface area contributed by atoms with Crippen LogP contribution in [0.3, 0.4) is 0 Å². The van der Waals surface area contributed by atoms with Crippen LogP contribution in [0.25, 0.3) is 22.0 Å². The Morgan fingerprint density at radius 2 is 2.10 bits per heavy atom. The van der Waals surface area contributed by atoms with Gasteiger partial charge in [0.25, 0.3) is 0 Å². The first-order valence-electron chi connectivity index (χ1n) is 7.39. The van der Waals surface area contributed by atoms with E-state index in [0.717, 1.165) is 35.9 Å². The highest BCUT2D eigenvalue weighted by molar-refractivity contribution is 5.84. The second-order valence-electron chi connectivity index (χ2n) is 5.59. The molecule has 5 heteroatoms. The van der Waals surface area contributed by atoms with Crippen LogP contribution in [0.4, 0.5) is 0 Å². The second-order valence-corrected chi connectivity index (χ2v) is 5.59. The van der Waals surface area contributed by atoms with Crippen LogP contribution in [0.1, 0.15) is 25.5 Å². The first-order chi connectivity index (χ1) is 10.3. The molecule has 21 heavy (non-hydrogen) atoms. The van der Waals surface area contributed by atoms with Crippen LogP contribution in [-0.2, 0) is 11.8 Å². The molecule has 1 saturated heterocycles. The highest BCUT2D eigenvalue weighted by Crippen LogP contribution is 2.28. The number of rotatable bonds is 2. The summed E-state index contributed by atoms with van der Waals surface area (Å²) in [6.45, 7) is 0.833. The third kappa shape index (κ3) is 2.23. The highest BCUT2D eigenvalue weighted by Gasteiger charge is 2.18. The molecule has 1 aliphatic heterocycles. The van der Waals surface area contributed by atoms with Crippen LogP contribution < -0.4 is 0 Å². The first-order valence-corrected chi connectivity index (χ1v) is 7.39. The minimum Gasteiger partial charge on any atom is -0.356 e. The predicted molar refractivity (Wildman–Crippen MR) is 80.8 cm³/mol. The minimum absolute atomic E-state index is 0.0838. The zero-order valence-electron chi connectivity index (χ0n) is 12.1. The molecule has 5 nitrogen and oxygen atoms in total. The molecule has 0 aliphatic carbocycles. The summed E-state index contributed by atoms with van der Waals surface area (Å²) in [6.07, 6.45) is 9.32. The average molecular weight is 282 g/mol. The SMILES string of the molecule is Cn1cc(-c2ccc3c(cnn3C3CCCCO3)c2)cn1. The molecule has 3 aromatic rings. The summed E-state index contributed by atoms with van der Waals surface area (Å²) in [5, 5.41) is 9.90. The standard InChI is InChI=1S/C16H18N4O/c1-19-11-14(10-17-19)12-5-6-15-13(8-12)9-18-20(15)16-4-2-3-7-21-16/h5-6,8-11,16H,2-4,7H2,1H3. The summed E-state index contributed by atoms with van der Waals surface area (Å²) >= 11 is 0. The lowest BCUT2D eigenvalue weighted by molar-refractivity contribution is -0.0366. The normalized spacial score (nSPS) is 19.2. The summed E-state index contributed by atoms with van der Waals surface area (Å²) in [5.74, 6) is 0. The molecule has 4 rings (SSSR count). The number of hydrogen-bond acceptors (Lipinski definition) is 3. The van der Waals surface area contributed by atoms with Gasteiger partial charge in [0.2, 0.25) is 0 Å². The van der Waals surface area contributed by atoms with Crippen molar-refractivity contribution in [1.29, 1.82) is 0 Å². The fourth-order valence-corrected chi connectivity index (χ4v) is 2.95. The van der Waals surface area contributed by atoms with Crippen molar-refractivity contribution in [2.45, 2.75) is 25.5 Å². The summed E-state index contributed by atoms with van der Waals surface area (Å²) in [4.78, 5) is 0. The van der Waals surface area contributed by atoms with E-state index in [0.29, 0.717) is 0 Å². The third-order valence-electron chi connectivity index (χ3n) is 4.06. The Kier molecular flexibility index (Phi) is 3.00. The Hall–Kier alpha value is -2.14. The van der Waals surface area contributed by atoms with E-state index in [1.54, 1.807) is 0 Å². The molecule has 108 valence electrons. The third-order valence-corrected chi connectivity index (χ3v) is 4.06. The van der Waals surface area contributed by atoms with Gasteiger partial charge in [-0.25, -0.2) is 4.68 Å². The van der Waals surface area contributed by atoms with Gasteiger partial charge in [-0.2, -0.15) is 10.2 Å². The topological polar surface area (TPSA) is 44.9 Å². The van der Waals surface area contributed by atoms with Gasteiger partial charge in [-0.3, -0.25) is 4.68 Å². The number of hydrogen-bond donors (Lipinski definition) is 0. The van der Waals surface area contributed by atoms with Crippen LogP contribution in [0.5, 0.6) is 0 Å². The van der Waals surface area contributed by atoms with Crippen LogP contribution in [0.2, 0.25) is 0 Å². The van der Waals surface area contributed by atoms with Crippen LogP contribution in [0, 0.1) is 0 Å². The maximum atomic E-state index is 5.84. The van der Waals surface area contributed by atoms with Crippen LogP contribution >= 0.6 is 0 Å². The molecule has 0 amide bonds. The van der Waals surface area contributed by atoms with Gasteiger partial charge in [0.15, 0.2) is 6.23 Å². The number of benzene rings is 1. The van der Waals surface area contributed by atoms with Gasteiger partial charge in [0.05, 0.1) is 17.9 Å². The summed E-state index contributed by atoms with van der Waals surface area (Å²) in [5.41, 5.74) is 3.43. The first kappa shape index (κ1) is 12.6. The molecule has 0 bridgehead atoms. The molecule has 2 aromatic heterocycles. The van der Waals surface area contributed by atoms with Crippen molar-refractivity contribution in [2.75, 3.05) is 6.61 Å². The van der Waals surface area contributed by atoms with Crippen molar-refractivity contribution in [3.8, 4) is 11.1 Å². The number of ether oxygens (including phenoxy) is 1. The van der Waals surface area contributed by atoms with Crippen molar-refractivity contribution < 1.29 is 4.74 Å². The van der Waals surface area contributed by atoms with Crippen molar-refractivity contribution in [3.63, 3.8) is 0 Å². The Bertz CT molecular complexity index is 768. The molecule has 1 aromatic carbocycles. The average Bonchev–Trinajstić information content (AvgIpc) is 3.13. The predicted octanol–water partition coefficient (Wildman–Crippen LogP) is 3.14. The number of nitrogens with zero attached hydrogens (tertiary/aromatic N) is 4. The fourth-order valence-electron chi connectivity index (χ4n) is 2.95. The highest BCUT2D eigenvalue weighted by atomic mass is 16.5. The van der Waals surface area contributed by atoms with Gasteiger partial charge < -0.3 is 4.74 Å².